The van der Waals surface area contributed by atoms with E-state index in [1.54, 1.807) is 21.6 Å². The summed E-state index contributed by atoms with van der Waals surface area (Å²) in [5.74, 6) is -2.51. The molecule has 2 aliphatic rings. The third-order valence-corrected chi connectivity index (χ3v) is 8.27. The van der Waals surface area contributed by atoms with Crippen molar-refractivity contribution in [2.75, 3.05) is 46.3 Å². The van der Waals surface area contributed by atoms with E-state index in [2.05, 4.69) is 0 Å². The Kier molecular flexibility index (Phi) is 9.50. The molecule has 2 fully saturated rings. The maximum atomic E-state index is 14.0. The van der Waals surface area contributed by atoms with E-state index in [0.717, 1.165) is 4.90 Å². The van der Waals surface area contributed by atoms with E-state index >= 15 is 0 Å². The van der Waals surface area contributed by atoms with Crippen LogP contribution >= 0.6 is 0 Å². The van der Waals surface area contributed by atoms with E-state index in [9.17, 15) is 45.1 Å². The average Bonchev–Trinajstić information content (AvgIpc) is 2.95. The van der Waals surface area contributed by atoms with Crippen LogP contribution in [0, 0.1) is 18.7 Å². The predicted octanol–water partition coefficient (Wildman–Crippen LogP) is 5.52. The van der Waals surface area contributed by atoms with Crippen LogP contribution < -0.4 is 0 Å². The number of carbonyl (C=O) groups is 3. The Morgan fingerprint density at radius 1 is 0.841 bits per heavy atom. The first-order valence-electron chi connectivity index (χ1n) is 14.0. The Labute approximate surface area is 250 Å². The van der Waals surface area contributed by atoms with Crippen molar-refractivity contribution in [3.05, 3.63) is 70.0 Å². The fourth-order valence-corrected chi connectivity index (χ4v) is 5.95. The van der Waals surface area contributed by atoms with Gasteiger partial charge in [-0.15, -0.1) is 0 Å². The van der Waals surface area contributed by atoms with Gasteiger partial charge in [0, 0.05) is 71.6 Å². The first kappa shape index (κ1) is 33.1. The Hall–Kier alpha value is -3.84. The summed E-state index contributed by atoms with van der Waals surface area (Å²) in [4.78, 5) is 44.8. The molecule has 0 aliphatic carbocycles. The standard InChI is InChI=1S/C30H33F7N4O3/c1-18-12-23(31)4-5-24(18)26-17-41(28(44)40-10-8-39(9-11-40)19(2)42)7-6-25(26)27(43)38(3)16-20-13-21(29(32,33)34)15-22(14-20)30(35,36)37/h4-5,12-15,25-26H,6-11,16-17H2,1-3H3/t25-,26+/m1/s1. The number of piperidine rings is 1. The van der Waals surface area contributed by atoms with E-state index in [0.29, 0.717) is 49.4 Å². The van der Waals surface area contributed by atoms with Crippen LogP contribution in [0.3, 0.4) is 0 Å². The maximum absolute atomic E-state index is 14.0. The Morgan fingerprint density at radius 2 is 1.41 bits per heavy atom. The molecule has 2 atom stereocenters. The molecule has 2 saturated heterocycles. The largest absolute Gasteiger partial charge is 0.416 e. The summed E-state index contributed by atoms with van der Waals surface area (Å²) < 4.78 is 94.3. The third kappa shape index (κ3) is 7.44. The predicted molar refractivity (Wildman–Crippen MR) is 146 cm³/mol. The van der Waals surface area contributed by atoms with Crippen molar-refractivity contribution in [1.29, 1.82) is 0 Å². The third-order valence-electron chi connectivity index (χ3n) is 8.27. The quantitative estimate of drug-likeness (QED) is 0.418. The molecule has 2 heterocycles. The monoisotopic (exact) mass is 630 g/mol. The van der Waals surface area contributed by atoms with Gasteiger partial charge in [-0.05, 0) is 60.4 Å². The number of amides is 4. The highest BCUT2D eigenvalue weighted by Gasteiger charge is 2.41. The molecule has 44 heavy (non-hydrogen) atoms. The van der Waals surface area contributed by atoms with Gasteiger partial charge in [-0.3, -0.25) is 9.59 Å². The zero-order valence-electron chi connectivity index (χ0n) is 24.4. The highest BCUT2D eigenvalue weighted by atomic mass is 19.4. The highest BCUT2D eigenvalue weighted by molar-refractivity contribution is 5.81. The van der Waals surface area contributed by atoms with Crippen LogP contribution in [-0.2, 0) is 28.5 Å². The molecule has 0 spiro atoms. The summed E-state index contributed by atoms with van der Waals surface area (Å²) in [5, 5.41) is 0. The number of aryl methyl sites for hydroxylation is 1. The lowest BCUT2D eigenvalue weighted by atomic mass is 9.78. The lowest BCUT2D eigenvalue weighted by molar-refractivity contribution is -0.143. The highest BCUT2D eigenvalue weighted by Crippen LogP contribution is 2.38. The molecule has 14 heteroatoms. The van der Waals surface area contributed by atoms with Crippen molar-refractivity contribution in [1.82, 2.24) is 19.6 Å². The Bertz CT molecular complexity index is 1370. The number of hydrogen-bond donors (Lipinski definition) is 0. The van der Waals surface area contributed by atoms with Crippen LogP contribution in [0.4, 0.5) is 35.5 Å². The van der Waals surface area contributed by atoms with Gasteiger partial charge in [-0.25, -0.2) is 9.18 Å². The second-order valence-corrected chi connectivity index (χ2v) is 11.3. The molecule has 240 valence electrons. The number of likely N-dealkylation sites (tertiary alicyclic amines) is 1. The number of halogens is 7. The number of rotatable bonds is 4. The van der Waals surface area contributed by atoms with Gasteiger partial charge in [0.25, 0.3) is 0 Å². The fraction of sp³-hybridized carbons (Fsp3) is 0.500. The Balaban J connectivity index is 1.58. The molecule has 0 unspecified atom stereocenters. The van der Waals surface area contributed by atoms with Gasteiger partial charge in [0.1, 0.15) is 5.82 Å². The molecule has 0 aromatic heterocycles. The van der Waals surface area contributed by atoms with Gasteiger partial charge in [0.05, 0.1) is 11.1 Å². The molecule has 0 bridgehead atoms. The molecule has 4 amide bonds. The zero-order valence-corrected chi connectivity index (χ0v) is 24.4. The number of benzene rings is 2. The van der Waals surface area contributed by atoms with Crippen molar-refractivity contribution >= 4 is 17.8 Å². The summed E-state index contributed by atoms with van der Waals surface area (Å²) in [6, 6.07) is 4.99. The van der Waals surface area contributed by atoms with Gasteiger partial charge >= 0.3 is 18.4 Å². The molecular weight excluding hydrogens is 597 g/mol. The van der Waals surface area contributed by atoms with E-state index in [4.69, 9.17) is 0 Å². The minimum absolute atomic E-state index is 0.0331. The van der Waals surface area contributed by atoms with Gasteiger partial charge < -0.3 is 19.6 Å². The minimum atomic E-state index is -5.03. The molecule has 2 aromatic carbocycles. The van der Waals surface area contributed by atoms with Crippen molar-refractivity contribution in [2.45, 2.75) is 45.1 Å². The summed E-state index contributed by atoms with van der Waals surface area (Å²) in [7, 11) is 1.30. The first-order chi connectivity index (χ1) is 20.5. The van der Waals surface area contributed by atoms with E-state index in [1.807, 2.05) is 0 Å². The van der Waals surface area contributed by atoms with Gasteiger partial charge in [0.15, 0.2) is 0 Å². The lowest BCUT2D eigenvalue weighted by Crippen LogP contribution is -2.56. The number of urea groups is 1. The van der Waals surface area contributed by atoms with Gasteiger partial charge in [-0.2, -0.15) is 26.3 Å². The van der Waals surface area contributed by atoms with Crippen molar-refractivity contribution in [3.63, 3.8) is 0 Å². The molecular formula is C30H33F7N4O3. The summed E-state index contributed by atoms with van der Waals surface area (Å²) in [5.41, 5.74) is -2.14. The number of piperazine rings is 1. The molecule has 2 aromatic rings. The minimum Gasteiger partial charge on any atom is -0.341 e. The summed E-state index contributed by atoms with van der Waals surface area (Å²) >= 11 is 0. The van der Waals surface area contributed by atoms with E-state index in [-0.39, 0.29) is 43.1 Å². The van der Waals surface area contributed by atoms with Crippen LogP contribution in [0.1, 0.15) is 47.1 Å². The molecule has 7 nitrogen and oxygen atoms in total. The van der Waals surface area contributed by atoms with Crippen molar-refractivity contribution in [3.8, 4) is 0 Å². The maximum Gasteiger partial charge on any atom is 0.416 e. The first-order valence-corrected chi connectivity index (χ1v) is 14.0. The smallest absolute Gasteiger partial charge is 0.341 e. The number of carbonyl (C=O) groups excluding carboxylic acids is 3. The summed E-state index contributed by atoms with van der Waals surface area (Å²) in [6.45, 7) is 4.29. The van der Waals surface area contributed by atoms with E-state index < -0.39 is 53.6 Å². The lowest BCUT2D eigenvalue weighted by Gasteiger charge is -2.43. The van der Waals surface area contributed by atoms with Gasteiger partial charge in [-0.1, -0.05) is 6.07 Å². The SMILES string of the molecule is CC(=O)N1CCN(C(=O)N2CC[C@@H](C(=O)N(C)Cc3cc(C(F)(F)F)cc(C(F)(F)F)c3)[C@H](c3ccc(F)cc3C)C2)CC1. The molecule has 0 saturated carbocycles. The topological polar surface area (TPSA) is 64.2 Å². The van der Waals surface area contributed by atoms with E-state index in [1.165, 1.54) is 32.2 Å². The van der Waals surface area contributed by atoms with Crippen LogP contribution in [0.2, 0.25) is 0 Å². The number of nitrogens with zero attached hydrogens (tertiary/aromatic N) is 4. The molecule has 2 aliphatic heterocycles. The van der Waals surface area contributed by atoms with Crippen LogP contribution in [0.5, 0.6) is 0 Å². The zero-order chi connectivity index (χ0) is 32.6. The molecule has 0 radical (unpaired) electrons. The number of alkyl halides is 6. The second-order valence-electron chi connectivity index (χ2n) is 11.3. The number of hydrogen-bond acceptors (Lipinski definition) is 3. The molecule has 0 N–H and O–H groups in total. The van der Waals surface area contributed by atoms with Crippen molar-refractivity contribution in [2.24, 2.45) is 5.92 Å². The fourth-order valence-electron chi connectivity index (χ4n) is 5.95. The second kappa shape index (κ2) is 12.6. The summed E-state index contributed by atoms with van der Waals surface area (Å²) in [6.07, 6.45) is -9.88. The Morgan fingerprint density at radius 3 is 1.93 bits per heavy atom. The normalized spacial score (nSPS) is 19.6. The van der Waals surface area contributed by atoms with Gasteiger partial charge in [0.2, 0.25) is 11.8 Å². The van der Waals surface area contributed by atoms with Crippen LogP contribution in [0.15, 0.2) is 36.4 Å². The average molecular weight is 631 g/mol. The van der Waals surface area contributed by atoms with Crippen LogP contribution in [0.25, 0.3) is 0 Å². The van der Waals surface area contributed by atoms with Crippen molar-refractivity contribution < 1.29 is 45.1 Å². The van der Waals surface area contributed by atoms with Crippen LogP contribution in [-0.4, -0.2) is 83.8 Å². The molecule has 4 rings (SSSR count).